The van der Waals surface area contributed by atoms with Crippen molar-refractivity contribution in [3.8, 4) is 0 Å². The molecule has 0 radical (unpaired) electrons. The Hall–Kier alpha value is -2.03. The van der Waals surface area contributed by atoms with Gasteiger partial charge in [-0.2, -0.15) is 0 Å². The van der Waals surface area contributed by atoms with Crippen molar-refractivity contribution in [2.75, 3.05) is 12.3 Å². The fraction of sp³-hybridized carbons (Fsp3) is 0.462. The Bertz CT molecular complexity index is 695. The molecule has 0 bridgehead atoms. The average molecular weight is 332 g/mol. The smallest absolute Gasteiger partial charge is 0.282 e. The molecule has 1 aromatic rings. The van der Waals surface area contributed by atoms with Crippen LogP contribution in [0.5, 0.6) is 0 Å². The van der Waals surface area contributed by atoms with E-state index in [0.29, 0.717) is 0 Å². The summed E-state index contributed by atoms with van der Waals surface area (Å²) >= 11 is 0. The second-order valence-corrected chi connectivity index (χ2v) is 8.47. The van der Waals surface area contributed by atoms with Gasteiger partial charge in [0.15, 0.2) is 9.84 Å². The van der Waals surface area contributed by atoms with Crippen LogP contribution in [0.4, 0.5) is 10.1 Å². The van der Waals surface area contributed by atoms with Crippen molar-refractivity contribution in [3.63, 3.8) is 0 Å². The van der Waals surface area contributed by atoms with Gasteiger partial charge >= 0.3 is 0 Å². The Morgan fingerprint density at radius 1 is 1.36 bits per heavy atom. The molecule has 0 aliphatic carbocycles. The predicted octanol–water partition coefficient (Wildman–Crippen LogP) is 1.68. The number of carbonyl (C=O) groups excluding carboxylic acids is 1. The number of nitrogens with zero attached hydrogens (tertiary/aromatic N) is 1. The van der Waals surface area contributed by atoms with E-state index in [1.807, 2.05) is 0 Å². The van der Waals surface area contributed by atoms with Crippen molar-refractivity contribution in [1.82, 2.24) is 5.32 Å². The van der Waals surface area contributed by atoms with Crippen LogP contribution in [-0.4, -0.2) is 36.3 Å². The lowest BCUT2D eigenvalue weighted by atomic mass is 10.1. The maximum absolute atomic E-state index is 13.1. The Morgan fingerprint density at radius 3 is 2.45 bits per heavy atom. The highest BCUT2D eigenvalue weighted by molar-refractivity contribution is 7.92. The summed E-state index contributed by atoms with van der Waals surface area (Å²) in [7, 11) is -3.43. The van der Waals surface area contributed by atoms with E-state index in [0.717, 1.165) is 18.2 Å². The third-order valence-corrected chi connectivity index (χ3v) is 5.60. The number of amides is 1. The molecule has 0 aliphatic heterocycles. The molecule has 0 unspecified atom stereocenters. The molecule has 122 valence electrons. The Morgan fingerprint density at radius 2 is 1.95 bits per heavy atom. The van der Waals surface area contributed by atoms with E-state index in [1.54, 1.807) is 0 Å². The minimum absolute atomic E-state index is 0.216. The summed E-state index contributed by atoms with van der Waals surface area (Å²) < 4.78 is 35.9. The highest BCUT2D eigenvalue weighted by Crippen LogP contribution is 2.19. The van der Waals surface area contributed by atoms with Gasteiger partial charge in [-0.1, -0.05) is 0 Å². The highest BCUT2D eigenvalue weighted by atomic mass is 32.2. The van der Waals surface area contributed by atoms with Crippen LogP contribution in [0.25, 0.3) is 0 Å². The molecular formula is C13H17FN2O5S. The first-order valence-electron chi connectivity index (χ1n) is 6.40. The molecule has 22 heavy (non-hydrogen) atoms. The molecule has 1 N–H and O–H groups in total. The summed E-state index contributed by atoms with van der Waals surface area (Å²) in [6, 6.07) is 2.50. The van der Waals surface area contributed by atoms with Crippen molar-refractivity contribution in [3.05, 3.63) is 39.7 Å². The summed E-state index contributed by atoms with van der Waals surface area (Å²) in [6.45, 7) is 4.37. The number of hydrogen-bond acceptors (Lipinski definition) is 5. The molecule has 9 heteroatoms. The third kappa shape index (κ3) is 4.23. The van der Waals surface area contributed by atoms with Gasteiger partial charge in [0.25, 0.3) is 11.6 Å². The Labute approximate surface area is 127 Å². The van der Waals surface area contributed by atoms with E-state index in [4.69, 9.17) is 0 Å². The summed E-state index contributed by atoms with van der Waals surface area (Å²) in [4.78, 5) is 21.9. The van der Waals surface area contributed by atoms with Crippen LogP contribution in [0.2, 0.25) is 0 Å². The minimum Gasteiger partial charge on any atom is -0.351 e. The topological polar surface area (TPSA) is 106 Å². The summed E-state index contributed by atoms with van der Waals surface area (Å²) in [6.07, 6.45) is 0. The largest absolute Gasteiger partial charge is 0.351 e. The van der Waals surface area contributed by atoms with Crippen LogP contribution >= 0.6 is 0 Å². The summed E-state index contributed by atoms with van der Waals surface area (Å²) in [5, 5.41) is 13.1. The van der Waals surface area contributed by atoms with E-state index >= 15 is 0 Å². The molecule has 7 nitrogen and oxygen atoms in total. The zero-order valence-corrected chi connectivity index (χ0v) is 13.2. The van der Waals surface area contributed by atoms with Gasteiger partial charge in [0.2, 0.25) is 0 Å². The zero-order chi connectivity index (χ0) is 17.1. The van der Waals surface area contributed by atoms with Gasteiger partial charge in [-0.3, -0.25) is 14.9 Å². The standard InChI is InChI=1S/C13H17FN2O5S/c1-13(2,3)22(20,21)7-6-15-12(17)10-8-9(14)4-5-11(10)16(18)19/h4-5,8H,6-7H2,1-3H3,(H,15,17). The zero-order valence-electron chi connectivity index (χ0n) is 12.4. The molecule has 0 aromatic heterocycles. The van der Waals surface area contributed by atoms with Crippen molar-refractivity contribution in [1.29, 1.82) is 0 Å². The molecule has 0 atom stereocenters. The van der Waals surface area contributed by atoms with Crippen LogP contribution in [-0.2, 0) is 9.84 Å². The first-order valence-corrected chi connectivity index (χ1v) is 8.05. The van der Waals surface area contributed by atoms with Crippen LogP contribution in [0.3, 0.4) is 0 Å². The van der Waals surface area contributed by atoms with E-state index in [-0.39, 0.29) is 12.3 Å². The lowest BCUT2D eigenvalue weighted by molar-refractivity contribution is -0.385. The molecule has 0 saturated carbocycles. The van der Waals surface area contributed by atoms with Gasteiger partial charge in [0.05, 0.1) is 15.4 Å². The predicted molar refractivity (Wildman–Crippen MR) is 78.9 cm³/mol. The number of benzene rings is 1. The Balaban J connectivity index is 2.84. The number of carbonyl (C=O) groups is 1. The highest BCUT2D eigenvalue weighted by Gasteiger charge is 2.29. The molecular weight excluding hydrogens is 315 g/mol. The summed E-state index contributed by atoms with van der Waals surface area (Å²) in [5.74, 6) is -2.00. The van der Waals surface area contributed by atoms with Crippen molar-refractivity contribution in [2.24, 2.45) is 0 Å². The Kier molecular flexibility index (Phi) is 5.23. The number of halogens is 1. The second-order valence-electron chi connectivity index (χ2n) is 5.61. The monoisotopic (exact) mass is 332 g/mol. The molecule has 1 rings (SSSR count). The van der Waals surface area contributed by atoms with Crippen LogP contribution < -0.4 is 5.32 Å². The first kappa shape index (κ1) is 18.0. The number of sulfone groups is 1. The van der Waals surface area contributed by atoms with E-state index in [1.165, 1.54) is 20.8 Å². The molecule has 1 aromatic carbocycles. The molecule has 1 amide bonds. The lowest BCUT2D eigenvalue weighted by Crippen LogP contribution is -2.36. The number of rotatable bonds is 5. The van der Waals surface area contributed by atoms with Gasteiger partial charge in [0, 0.05) is 12.6 Å². The summed E-state index contributed by atoms with van der Waals surface area (Å²) in [5.41, 5.74) is -0.990. The van der Waals surface area contributed by atoms with Gasteiger partial charge in [-0.25, -0.2) is 12.8 Å². The number of hydrogen-bond donors (Lipinski definition) is 1. The van der Waals surface area contributed by atoms with Crippen molar-refractivity contribution in [2.45, 2.75) is 25.5 Å². The minimum atomic E-state index is -3.43. The number of nitro groups is 1. The van der Waals surface area contributed by atoms with Crippen molar-refractivity contribution < 1.29 is 22.5 Å². The average Bonchev–Trinajstić information content (AvgIpc) is 2.36. The molecule has 0 spiro atoms. The normalized spacial score (nSPS) is 12.0. The van der Waals surface area contributed by atoms with E-state index in [9.17, 15) is 27.7 Å². The molecule has 0 fully saturated rings. The molecule has 0 heterocycles. The van der Waals surface area contributed by atoms with E-state index < -0.39 is 42.5 Å². The quantitative estimate of drug-likeness (QED) is 0.652. The van der Waals surface area contributed by atoms with Gasteiger partial charge < -0.3 is 5.32 Å². The van der Waals surface area contributed by atoms with Crippen LogP contribution in [0, 0.1) is 15.9 Å². The maximum atomic E-state index is 13.1. The van der Waals surface area contributed by atoms with Crippen LogP contribution in [0.15, 0.2) is 18.2 Å². The third-order valence-electron chi connectivity index (χ3n) is 2.99. The number of nitro benzene ring substituents is 1. The van der Waals surface area contributed by atoms with Crippen molar-refractivity contribution >= 4 is 21.4 Å². The maximum Gasteiger partial charge on any atom is 0.282 e. The fourth-order valence-corrected chi connectivity index (χ4v) is 2.53. The fourth-order valence-electron chi connectivity index (χ4n) is 1.55. The van der Waals surface area contributed by atoms with Gasteiger partial charge in [-0.15, -0.1) is 0 Å². The number of nitrogens with one attached hydrogen (secondary N) is 1. The van der Waals surface area contributed by atoms with Gasteiger partial charge in [-0.05, 0) is 32.9 Å². The SMILES string of the molecule is CC(C)(C)S(=O)(=O)CCNC(=O)c1cc(F)ccc1[N+](=O)[O-]. The lowest BCUT2D eigenvalue weighted by Gasteiger charge is -2.19. The van der Waals surface area contributed by atoms with Crippen LogP contribution in [0.1, 0.15) is 31.1 Å². The molecule has 0 aliphatic rings. The molecule has 0 saturated heterocycles. The first-order chi connectivity index (χ1) is 9.95. The second kappa shape index (κ2) is 6.39. The van der Waals surface area contributed by atoms with Gasteiger partial charge in [0.1, 0.15) is 11.4 Å². The van der Waals surface area contributed by atoms with E-state index in [2.05, 4.69) is 5.32 Å².